The van der Waals surface area contributed by atoms with Crippen LogP contribution in [-0.4, -0.2) is 38.6 Å². The van der Waals surface area contributed by atoms with Crippen LogP contribution in [0.1, 0.15) is 19.3 Å². The number of sulfone groups is 1. The van der Waals surface area contributed by atoms with Gasteiger partial charge in [0, 0.05) is 24.9 Å². The van der Waals surface area contributed by atoms with Gasteiger partial charge in [0.1, 0.15) is 0 Å². The molecule has 0 radical (unpaired) electrons. The highest BCUT2D eigenvalue weighted by molar-refractivity contribution is 7.90. The second-order valence-electron chi connectivity index (χ2n) is 6.31. The van der Waals surface area contributed by atoms with E-state index < -0.39 is 9.84 Å². The van der Waals surface area contributed by atoms with Gasteiger partial charge in [-0.3, -0.25) is 0 Å². The van der Waals surface area contributed by atoms with E-state index in [1.807, 2.05) is 41.3 Å². The van der Waals surface area contributed by atoms with Crippen molar-refractivity contribution < 1.29 is 8.42 Å². The maximum absolute atomic E-state index is 12.3. The smallest absolute Gasteiger partial charge is 0.196 e. The predicted octanol–water partition coefficient (Wildman–Crippen LogP) is 3.19. The van der Waals surface area contributed by atoms with Crippen LogP contribution in [-0.2, 0) is 9.84 Å². The van der Waals surface area contributed by atoms with Gasteiger partial charge in [0.2, 0.25) is 0 Å². The summed E-state index contributed by atoms with van der Waals surface area (Å²) in [5.41, 5.74) is 8.32. The molecule has 132 valence electrons. The molecule has 5 nitrogen and oxygen atoms in total. The Morgan fingerprint density at radius 2 is 1.68 bits per heavy atom. The van der Waals surface area contributed by atoms with E-state index in [9.17, 15) is 8.42 Å². The summed E-state index contributed by atoms with van der Waals surface area (Å²) in [4.78, 5) is 6.79. The Hall–Kier alpha value is -2.34. The van der Waals surface area contributed by atoms with Crippen molar-refractivity contribution in [1.82, 2.24) is 4.90 Å². The number of aliphatic imine (C=N–C) groups is 1. The number of hydrogen-bond donors (Lipinski definition) is 1. The Morgan fingerprint density at radius 3 is 2.32 bits per heavy atom. The summed E-state index contributed by atoms with van der Waals surface area (Å²) in [7, 11) is -3.42. The molecule has 2 aromatic carbocycles. The molecule has 0 unspecified atom stereocenters. The van der Waals surface area contributed by atoms with E-state index in [1.54, 1.807) is 12.1 Å². The van der Waals surface area contributed by atoms with Crippen LogP contribution in [0.15, 0.2) is 58.4 Å². The monoisotopic (exact) mass is 357 g/mol. The van der Waals surface area contributed by atoms with Crippen LogP contribution >= 0.6 is 0 Å². The van der Waals surface area contributed by atoms with Gasteiger partial charge in [-0.1, -0.05) is 42.5 Å². The van der Waals surface area contributed by atoms with Gasteiger partial charge in [-0.15, -0.1) is 0 Å². The molecule has 2 N–H and O–H groups in total. The molecule has 25 heavy (non-hydrogen) atoms. The summed E-state index contributed by atoms with van der Waals surface area (Å²) in [6.07, 6.45) is 4.55. The van der Waals surface area contributed by atoms with Crippen LogP contribution in [0.5, 0.6) is 0 Å². The Kier molecular flexibility index (Phi) is 5.08. The highest BCUT2D eigenvalue weighted by Crippen LogP contribution is 2.36. The first-order valence-corrected chi connectivity index (χ1v) is 10.3. The van der Waals surface area contributed by atoms with Gasteiger partial charge in [-0.25, -0.2) is 13.4 Å². The van der Waals surface area contributed by atoms with Gasteiger partial charge >= 0.3 is 0 Å². The van der Waals surface area contributed by atoms with Crippen molar-refractivity contribution in [3.05, 3.63) is 48.5 Å². The van der Waals surface area contributed by atoms with Crippen LogP contribution in [0.2, 0.25) is 0 Å². The molecule has 1 fully saturated rings. The molecule has 1 heterocycles. The molecule has 0 atom stereocenters. The van der Waals surface area contributed by atoms with Crippen molar-refractivity contribution in [2.45, 2.75) is 24.2 Å². The van der Waals surface area contributed by atoms with Gasteiger partial charge in [0.25, 0.3) is 0 Å². The number of para-hydroxylation sites is 1. The van der Waals surface area contributed by atoms with Crippen molar-refractivity contribution in [1.29, 1.82) is 0 Å². The van der Waals surface area contributed by atoms with Crippen molar-refractivity contribution in [3.63, 3.8) is 0 Å². The summed E-state index contributed by atoms with van der Waals surface area (Å²) in [6, 6.07) is 14.9. The Morgan fingerprint density at radius 1 is 1.00 bits per heavy atom. The lowest BCUT2D eigenvalue weighted by molar-refractivity contribution is 0.339. The number of nitrogens with zero attached hydrogens (tertiary/aromatic N) is 2. The standard InChI is InChI=1S/C19H23N3O2S/c1-25(23,24)17-12-8-11-16(15-9-4-2-5-10-15)18(17)21-19(20)22-13-6-3-7-14-22/h2,4-5,8-12H,3,6-7,13-14H2,1H3,(H2,20,21). The zero-order valence-electron chi connectivity index (χ0n) is 14.4. The third kappa shape index (κ3) is 4.02. The fourth-order valence-electron chi connectivity index (χ4n) is 3.10. The van der Waals surface area contributed by atoms with Gasteiger partial charge in [0.05, 0.1) is 10.6 Å². The quantitative estimate of drug-likeness (QED) is 0.676. The molecule has 1 aliphatic rings. The molecule has 1 aliphatic heterocycles. The summed E-state index contributed by atoms with van der Waals surface area (Å²) in [6.45, 7) is 1.72. The van der Waals surface area contributed by atoms with Crippen LogP contribution in [0.4, 0.5) is 5.69 Å². The topological polar surface area (TPSA) is 75.8 Å². The largest absolute Gasteiger partial charge is 0.369 e. The van der Waals surface area contributed by atoms with Gasteiger partial charge < -0.3 is 10.6 Å². The van der Waals surface area contributed by atoms with Crippen molar-refractivity contribution in [3.8, 4) is 11.1 Å². The van der Waals surface area contributed by atoms with Crippen molar-refractivity contribution in [2.24, 2.45) is 10.7 Å². The molecular weight excluding hydrogens is 334 g/mol. The van der Waals surface area contributed by atoms with Crippen LogP contribution < -0.4 is 5.73 Å². The first-order valence-electron chi connectivity index (χ1n) is 8.44. The number of likely N-dealkylation sites (tertiary alicyclic amines) is 1. The van der Waals surface area contributed by atoms with E-state index in [0.717, 1.165) is 37.1 Å². The molecule has 2 aromatic rings. The maximum Gasteiger partial charge on any atom is 0.196 e. The minimum atomic E-state index is -3.42. The number of nitrogens with two attached hydrogens (primary N) is 1. The molecule has 6 heteroatoms. The predicted molar refractivity (Wildman–Crippen MR) is 102 cm³/mol. The summed E-state index contributed by atoms with van der Waals surface area (Å²) in [5, 5.41) is 0. The Bertz CT molecular complexity index is 871. The Balaban J connectivity index is 2.15. The third-order valence-corrected chi connectivity index (χ3v) is 5.52. The number of piperidine rings is 1. The lowest BCUT2D eigenvalue weighted by atomic mass is 10.0. The number of guanidine groups is 1. The minimum Gasteiger partial charge on any atom is -0.369 e. The van der Waals surface area contributed by atoms with E-state index in [-0.39, 0.29) is 4.90 Å². The summed E-state index contributed by atoms with van der Waals surface area (Å²) < 4.78 is 24.5. The highest BCUT2D eigenvalue weighted by atomic mass is 32.2. The summed E-state index contributed by atoms with van der Waals surface area (Å²) in [5.74, 6) is 0.382. The molecule has 0 amide bonds. The van der Waals surface area contributed by atoms with Gasteiger partial charge in [0.15, 0.2) is 15.8 Å². The van der Waals surface area contributed by atoms with Gasteiger partial charge in [-0.2, -0.15) is 0 Å². The van der Waals surface area contributed by atoms with Gasteiger partial charge in [-0.05, 0) is 30.9 Å². The zero-order valence-corrected chi connectivity index (χ0v) is 15.2. The van der Waals surface area contributed by atoms with Crippen molar-refractivity contribution >= 4 is 21.5 Å². The van der Waals surface area contributed by atoms with E-state index in [2.05, 4.69) is 4.99 Å². The molecule has 0 bridgehead atoms. The van der Waals surface area contributed by atoms with Crippen LogP contribution in [0, 0.1) is 0 Å². The average molecular weight is 357 g/mol. The first kappa shape index (κ1) is 17.5. The SMILES string of the molecule is CS(=O)(=O)c1cccc(-c2ccccc2)c1N=C(N)N1CCCCC1. The van der Waals surface area contributed by atoms with E-state index >= 15 is 0 Å². The number of rotatable bonds is 3. The first-order chi connectivity index (χ1) is 12.0. The second-order valence-corrected chi connectivity index (χ2v) is 8.29. The molecule has 0 aromatic heterocycles. The van der Waals surface area contributed by atoms with Crippen LogP contribution in [0.25, 0.3) is 11.1 Å². The molecule has 1 saturated heterocycles. The van der Waals surface area contributed by atoms with E-state index in [1.165, 1.54) is 12.7 Å². The average Bonchev–Trinajstić information content (AvgIpc) is 2.62. The number of benzene rings is 2. The second kappa shape index (κ2) is 7.27. The molecule has 0 saturated carbocycles. The Labute approximate surface area is 149 Å². The molecule has 0 spiro atoms. The molecule has 0 aliphatic carbocycles. The molecule has 3 rings (SSSR count). The fraction of sp³-hybridized carbons (Fsp3) is 0.316. The lowest BCUT2D eigenvalue weighted by Gasteiger charge is -2.27. The van der Waals surface area contributed by atoms with Crippen LogP contribution in [0.3, 0.4) is 0 Å². The lowest BCUT2D eigenvalue weighted by Crippen LogP contribution is -2.40. The zero-order chi connectivity index (χ0) is 17.9. The summed E-state index contributed by atoms with van der Waals surface area (Å²) >= 11 is 0. The fourth-order valence-corrected chi connectivity index (χ4v) is 3.93. The third-order valence-electron chi connectivity index (χ3n) is 4.39. The highest BCUT2D eigenvalue weighted by Gasteiger charge is 2.19. The molecular formula is C19H23N3O2S. The van der Waals surface area contributed by atoms with E-state index in [4.69, 9.17) is 5.73 Å². The normalized spacial score (nSPS) is 16.0. The number of hydrogen-bond acceptors (Lipinski definition) is 3. The maximum atomic E-state index is 12.3. The van der Waals surface area contributed by atoms with Crippen molar-refractivity contribution in [2.75, 3.05) is 19.3 Å². The minimum absolute atomic E-state index is 0.203. The van der Waals surface area contributed by atoms with E-state index in [0.29, 0.717) is 11.6 Å².